The largest absolute Gasteiger partial charge is 0.298 e. The molecule has 1 fully saturated rings. The van der Waals surface area contributed by atoms with Crippen LogP contribution in [0, 0.1) is 0 Å². The normalized spacial score (nSPS) is 32.2. The van der Waals surface area contributed by atoms with Crippen molar-refractivity contribution in [3.05, 3.63) is 0 Å². The van der Waals surface area contributed by atoms with Crippen LogP contribution in [0.2, 0.25) is 0 Å². The van der Waals surface area contributed by atoms with Gasteiger partial charge in [-0.1, -0.05) is 6.42 Å². The molecule has 0 aromatic rings. The van der Waals surface area contributed by atoms with Gasteiger partial charge in [-0.2, -0.15) is 12.6 Å². The lowest BCUT2D eigenvalue weighted by atomic mass is 9.97. The highest BCUT2D eigenvalue weighted by molar-refractivity contribution is 7.80. The van der Waals surface area contributed by atoms with Gasteiger partial charge in [0.25, 0.3) is 0 Å². The van der Waals surface area contributed by atoms with Crippen molar-refractivity contribution >= 4 is 12.6 Å². The van der Waals surface area contributed by atoms with E-state index in [1.807, 2.05) is 0 Å². The standard InChI is InChI=1S/C10H21NS/c1-9-5-3-6-10(2)11(9)7-4-8-12/h9-10,12H,3-8H2,1-2H3/t9-,10+. The molecule has 0 aromatic carbocycles. The first-order valence-corrected chi connectivity index (χ1v) is 5.75. The molecule has 0 aromatic heterocycles. The van der Waals surface area contributed by atoms with E-state index in [4.69, 9.17) is 0 Å². The van der Waals surface area contributed by atoms with Gasteiger partial charge in [0, 0.05) is 12.1 Å². The monoisotopic (exact) mass is 187 g/mol. The number of hydrogen-bond donors (Lipinski definition) is 1. The van der Waals surface area contributed by atoms with E-state index in [1.165, 1.54) is 32.2 Å². The van der Waals surface area contributed by atoms with Crippen molar-refractivity contribution in [2.75, 3.05) is 12.3 Å². The summed E-state index contributed by atoms with van der Waals surface area (Å²) in [6.07, 6.45) is 5.42. The Bertz CT molecular complexity index is 117. The van der Waals surface area contributed by atoms with Gasteiger partial charge in [0.1, 0.15) is 0 Å². The third-order valence-electron chi connectivity index (χ3n) is 2.95. The summed E-state index contributed by atoms with van der Waals surface area (Å²) >= 11 is 4.25. The van der Waals surface area contributed by atoms with Crippen LogP contribution in [-0.4, -0.2) is 29.3 Å². The van der Waals surface area contributed by atoms with E-state index in [9.17, 15) is 0 Å². The molecule has 0 saturated carbocycles. The van der Waals surface area contributed by atoms with Crippen LogP contribution in [0.4, 0.5) is 0 Å². The van der Waals surface area contributed by atoms with E-state index in [0.717, 1.165) is 17.8 Å². The third kappa shape index (κ3) is 2.67. The fourth-order valence-corrected chi connectivity index (χ4v) is 2.31. The molecule has 72 valence electrons. The second-order valence-corrected chi connectivity index (χ2v) is 4.39. The molecule has 1 aliphatic heterocycles. The Kier molecular flexibility index (Phi) is 4.44. The quantitative estimate of drug-likeness (QED) is 0.665. The summed E-state index contributed by atoms with van der Waals surface area (Å²) < 4.78 is 0. The molecule has 0 spiro atoms. The van der Waals surface area contributed by atoms with Gasteiger partial charge in [0.2, 0.25) is 0 Å². The number of thiol groups is 1. The zero-order valence-electron chi connectivity index (χ0n) is 8.29. The van der Waals surface area contributed by atoms with Crippen molar-refractivity contribution < 1.29 is 0 Å². The Morgan fingerprint density at radius 3 is 2.33 bits per heavy atom. The Morgan fingerprint density at radius 1 is 1.25 bits per heavy atom. The topological polar surface area (TPSA) is 3.24 Å². The zero-order chi connectivity index (χ0) is 8.97. The summed E-state index contributed by atoms with van der Waals surface area (Å²) in [7, 11) is 0. The van der Waals surface area contributed by atoms with Crippen molar-refractivity contribution in [1.82, 2.24) is 4.90 Å². The molecule has 1 saturated heterocycles. The molecular formula is C10H21NS. The lowest BCUT2D eigenvalue weighted by Crippen LogP contribution is -2.44. The van der Waals surface area contributed by atoms with Crippen LogP contribution in [0.3, 0.4) is 0 Å². The van der Waals surface area contributed by atoms with Gasteiger partial charge in [-0.3, -0.25) is 4.90 Å². The van der Waals surface area contributed by atoms with Crippen molar-refractivity contribution in [2.45, 2.75) is 51.6 Å². The Labute approximate surface area is 81.9 Å². The number of rotatable bonds is 3. The van der Waals surface area contributed by atoms with Gasteiger partial charge in [-0.25, -0.2) is 0 Å². The highest BCUT2D eigenvalue weighted by Gasteiger charge is 2.23. The molecule has 0 radical (unpaired) electrons. The van der Waals surface area contributed by atoms with Gasteiger partial charge < -0.3 is 0 Å². The SMILES string of the molecule is C[C@@H]1CCC[C@H](C)N1CCCS. The molecule has 0 amide bonds. The van der Waals surface area contributed by atoms with E-state index in [0.29, 0.717) is 0 Å². The first-order chi connectivity index (χ1) is 5.75. The van der Waals surface area contributed by atoms with Crippen LogP contribution in [0.15, 0.2) is 0 Å². The van der Waals surface area contributed by atoms with E-state index >= 15 is 0 Å². The number of likely N-dealkylation sites (tertiary alicyclic amines) is 1. The second kappa shape index (κ2) is 5.13. The fourth-order valence-electron chi connectivity index (χ4n) is 2.17. The summed E-state index contributed by atoms with van der Waals surface area (Å²) in [5.41, 5.74) is 0. The molecule has 2 heteroatoms. The predicted molar refractivity (Wildman–Crippen MR) is 58.0 cm³/mol. The average Bonchev–Trinajstić information content (AvgIpc) is 2.04. The van der Waals surface area contributed by atoms with Crippen molar-refractivity contribution in [2.24, 2.45) is 0 Å². The van der Waals surface area contributed by atoms with Gasteiger partial charge in [0.15, 0.2) is 0 Å². The third-order valence-corrected chi connectivity index (χ3v) is 3.27. The maximum Gasteiger partial charge on any atom is 0.00697 e. The molecule has 0 aliphatic carbocycles. The van der Waals surface area contributed by atoms with Gasteiger partial charge in [-0.05, 0) is 45.4 Å². The Morgan fingerprint density at radius 2 is 1.83 bits per heavy atom. The second-order valence-electron chi connectivity index (χ2n) is 3.94. The van der Waals surface area contributed by atoms with Crippen molar-refractivity contribution in [1.29, 1.82) is 0 Å². The molecule has 1 nitrogen and oxygen atoms in total. The maximum absolute atomic E-state index is 4.25. The van der Waals surface area contributed by atoms with E-state index in [1.54, 1.807) is 0 Å². The van der Waals surface area contributed by atoms with E-state index < -0.39 is 0 Å². The summed E-state index contributed by atoms with van der Waals surface area (Å²) in [6, 6.07) is 1.60. The summed E-state index contributed by atoms with van der Waals surface area (Å²) in [4.78, 5) is 2.64. The molecule has 1 aliphatic rings. The minimum Gasteiger partial charge on any atom is -0.298 e. The molecule has 2 atom stereocenters. The van der Waals surface area contributed by atoms with Crippen LogP contribution < -0.4 is 0 Å². The Hall–Kier alpha value is 0.310. The smallest absolute Gasteiger partial charge is 0.00697 e. The minimum atomic E-state index is 0.800. The van der Waals surface area contributed by atoms with Crippen LogP contribution in [-0.2, 0) is 0 Å². The first kappa shape index (κ1) is 10.4. The van der Waals surface area contributed by atoms with Crippen LogP contribution in [0.25, 0.3) is 0 Å². The van der Waals surface area contributed by atoms with E-state index in [-0.39, 0.29) is 0 Å². The highest BCUT2D eigenvalue weighted by atomic mass is 32.1. The predicted octanol–water partition coefficient (Wildman–Crippen LogP) is 2.57. The Balaban J connectivity index is 2.34. The summed E-state index contributed by atoms with van der Waals surface area (Å²) in [5.74, 6) is 1.02. The molecular weight excluding hydrogens is 166 g/mol. The minimum absolute atomic E-state index is 0.800. The van der Waals surface area contributed by atoms with Gasteiger partial charge >= 0.3 is 0 Å². The molecule has 12 heavy (non-hydrogen) atoms. The maximum atomic E-state index is 4.25. The van der Waals surface area contributed by atoms with Crippen molar-refractivity contribution in [3.63, 3.8) is 0 Å². The molecule has 0 unspecified atom stereocenters. The van der Waals surface area contributed by atoms with Gasteiger partial charge in [0.05, 0.1) is 0 Å². The zero-order valence-corrected chi connectivity index (χ0v) is 9.19. The van der Waals surface area contributed by atoms with Gasteiger partial charge in [-0.15, -0.1) is 0 Å². The lowest BCUT2D eigenvalue weighted by molar-refractivity contribution is 0.104. The fraction of sp³-hybridized carbons (Fsp3) is 1.00. The molecule has 1 rings (SSSR count). The number of hydrogen-bond acceptors (Lipinski definition) is 2. The number of nitrogens with zero attached hydrogens (tertiary/aromatic N) is 1. The van der Waals surface area contributed by atoms with Crippen molar-refractivity contribution in [3.8, 4) is 0 Å². The lowest BCUT2D eigenvalue weighted by Gasteiger charge is -2.38. The highest BCUT2D eigenvalue weighted by Crippen LogP contribution is 2.22. The summed E-state index contributed by atoms with van der Waals surface area (Å²) in [6.45, 7) is 5.95. The van der Waals surface area contributed by atoms with Crippen LogP contribution >= 0.6 is 12.6 Å². The average molecular weight is 187 g/mol. The summed E-state index contributed by atoms with van der Waals surface area (Å²) in [5, 5.41) is 0. The molecule has 0 N–H and O–H groups in total. The van der Waals surface area contributed by atoms with E-state index in [2.05, 4.69) is 31.4 Å². The first-order valence-electron chi connectivity index (χ1n) is 5.12. The molecule has 0 bridgehead atoms. The van der Waals surface area contributed by atoms with Crippen LogP contribution in [0.5, 0.6) is 0 Å². The molecule has 1 heterocycles. The van der Waals surface area contributed by atoms with Crippen LogP contribution in [0.1, 0.15) is 39.5 Å². The number of piperidine rings is 1.